The molecule has 0 heterocycles. The molecule has 0 spiro atoms. The molecular weight excluding hydrogens is 416 g/mol. The Balaban J connectivity index is 2.06. The van der Waals surface area contributed by atoms with Crippen molar-refractivity contribution in [3.05, 3.63) is 47.5 Å². The molecule has 8 heteroatoms. The summed E-state index contributed by atoms with van der Waals surface area (Å²) in [6.45, 7) is 2.64. The standard InChI is InChI=1S/C24H30O8/c1-15(25)31-21(7-4-17-6-9-23(29)24(12-17)30-3)14-22(32-16(2)26)8-5-18-10-19(27)13-20(28)11-18/h6,9-13,21-22,27-29H,4-5,7-8,14H2,1-3H3. The Bertz CT molecular complexity index is 904. The van der Waals surface area contributed by atoms with Gasteiger partial charge in [-0.25, -0.2) is 0 Å². The van der Waals surface area contributed by atoms with Gasteiger partial charge in [0.1, 0.15) is 23.7 Å². The lowest BCUT2D eigenvalue weighted by Crippen LogP contribution is -2.27. The molecule has 3 N–H and O–H groups in total. The van der Waals surface area contributed by atoms with Crippen LogP contribution in [0, 0.1) is 0 Å². The van der Waals surface area contributed by atoms with Crippen molar-refractivity contribution in [1.82, 2.24) is 0 Å². The normalized spacial score (nSPS) is 12.6. The molecule has 0 aliphatic heterocycles. The highest BCUT2D eigenvalue weighted by Crippen LogP contribution is 2.28. The van der Waals surface area contributed by atoms with E-state index < -0.39 is 24.1 Å². The fourth-order valence-electron chi connectivity index (χ4n) is 3.55. The summed E-state index contributed by atoms with van der Waals surface area (Å²) in [4.78, 5) is 23.2. The summed E-state index contributed by atoms with van der Waals surface area (Å²) in [7, 11) is 1.47. The molecule has 2 aromatic rings. The lowest BCUT2D eigenvalue weighted by Gasteiger charge is -2.23. The maximum atomic E-state index is 11.6. The lowest BCUT2D eigenvalue weighted by molar-refractivity contribution is -0.153. The number of ether oxygens (including phenoxy) is 3. The second-order valence-electron chi connectivity index (χ2n) is 7.64. The molecule has 0 aromatic heterocycles. The summed E-state index contributed by atoms with van der Waals surface area (Å²) in [6.07, 6.45) is 1.21. The van der Waals surface area contributed by atoms with E-state index in [1.807, 2.05) is 0 Å². The Hall–Kier alpha value is -3.42. The second kappa shape index (κ2) is 11.8. The molecule has 0 saturated carbocycles. The fourth-order valence-corrected chi connectivity index (χ4v) is 3.55. The van der Waals surface area contributed by atoms with Gasteiger partial charge in [-0.15, -0.1) is 0 Å². The number of carbonyl (C=O) groups excluding carboxylic acids is 2. The Morgan fingerprint density at radius 2 is 1.34 bits per heavy atom. The molecule has 0 radical (unpaired) electrons. The smallest absolute Gasteiger partial charge is 0.302 e. The summed E-state index contributed by atoms with van der Waals surface area (Å²) in [5.74, 6) is -0.576. The topological polar surface area (TPSA) is 123 Å². The summed E-state index contributed by atoms with van der Waals surface area (Å²) in [5, 5.41) is 29.1. The first-order valence-corrected chi connectivity index (χ1v) is 10.4. The SMILES string of the molecule is COc1cc(CCC(CC(CCc2cc(O)cc(O)c2)OC(C)=O)OC(C)=O)ccc1O. The Morgan fingerprint density at radius 3 is 1.84 bits per heavy atom. The van der Waals surface area contributed by atoms with Crippen LogP contribution in [0.15, 0.2) is 36.4 Å². The minimum absolute atomic E-state index is 0.0423. The van der Waals surface area contributed by atoms with Crippen LogP contribution in [0.5, 0.6) is 23.0 Å². The number of esters is 2. The van der Waals surface area contributed by atoms with E-state index in [1.54, 1.807) is 18.2 Å². The van der Waals surface area contributed by atoms with Crippen molar-refractivity contribution < 1.29 is 39.1 Å². The van der Waals surface area contributed by atoms with Gasteiger partial charge in [0.2, 0.25) is 0 Å². The van der Waals surface area contributed by atoms with Gasteiger partial charge < -0.3 is 29.5 Å². The van der Waals surface area contributed by atoms with Crippen molar-refractivity contribution >= 4 is 11.9 Å². The van der Waals surface area contributed by atoms with Gasteiger partial charge in [0.25, 0.3) is 0 Å². The third kappa shape index (κ3) is 8.37. The molecule has 2 atom stereocenters. The number of phenolic OH excluding ortho intramolecular Hbond substituents is 3. The predicted octanol–water partition coefficient (Wildman–Crippen LogP) is 3.63. The van der Waals surface area contributed by atoms with Gasteiger partial charge in [-0.2, -0.15) is 0 Å². The first-order chi connectivity index (χ1) is 15.2. The first-order valence-electron chi connectivity index (χ1n) is 10.4. The van der Waals surface area contributed by atoms with Crippen LogP contribution in [0.1, 0.15) is 44.2 Å². The number of aromatic hydroxyl groups is 3. The number of hydrogen-bond acceptors (Lipinski definition) is 8. The van der Waals surface area contributed by atoms with E-state index in [2.05, 4.69) is 0 Å². The average Bonchev–Trinajstić information content (AvgIpc) is 2.69. The summed E-state index contributed by atoms with van der Waals surface area (Å²) in [5.41, 5.74) is 1.59. The summed E-state index contributed by atoms with van der Waals surface area (Å²) in [6, 6.07) is 9.33. The van der Waals surface area contributed by atoms with Gasteiger partial charge in [0, 0.05) is 26.3 Å². The van der Waals surface area contributed by atoms with Crippen molar-refractivity contribution in [1.29, 1.82) is 0 Å². The highest BCUT2D eigenvalue weighted by Gasteiger charge is 2.22. The number of carbonyl (C=O) groups is 2. The zero-order valence-electron chi connectivity index (χ0n) is 18.5. The molecular formula is C24H30O8. The molecule has 8 nitrogen and oxygen atoms in total. The third-order valence-corrected chi connectivity index (χ3v) is 4.91. The zero-order valence-corrected chi connectivity index (χ0v) is 18.5. The van der Waals surface area contributed by atoms with E-state index in [4.69, 9.17) is 14.2 Å². The van der Waals surface area contributed by atoms with E-state index in [-0.39, 0.29) is 17.2 Å². The maximum Gasteiger partial charge on any atom is 0.302 e. The quantitative estimate of drug-likeness (QED) is 0.447. The highest BCUT2D eigenvalue weighted by atomic mass is 16.6. The van der Waals surface area contributed by atoms with Crippen molar-refractivity contribution in [3.63, 3.8) is 0 Å². The van der Waals surface area contributed by atoms with Crippen molar-refractivity contribution in [3.8, 4) is 23.0 Å². The largest absolute Gasteiger partial charge is 0.508 e. The molecule has 0 aliphatic rings. The predicted molar refractivity (Wildman–Crippen MR) is 117 cm³/mol. The molecule has 0 fully saturated rings. The van der Waals surface area contributed by atoms with E-state index in [0.717, 1.165) is 5.56 Å². The molecule has 32 heavy (non-hydrogen) atoms. The third-order valence-electron chi connectivity index (χ3n) is 4.91. The van der Waals surface area contributed by atoms with Crippen molar-refractivity contribution in [2.75, 3.05) is 7.11 Å². The molecule has 0 amide bonds. The van der Waals surface area contributed by atoms with Gasteiger partial charge >= 0.3 is 11.9 Å². The van der Waals surface area contributed by atoms with E-state index in [9.17, 15) is 24.9 Å². The number of methoxy groups -OCH3 is 1. The number of rotatable bonds is 11. The van der Waals surface area contributed by atoms with E-state index in [1.165, 1.54) is 39.2 Å². The van der Waals surface area contributed by atoms with E-state index in [0.29, 0.717) is 43.4 Å². The van der Waals surface area contributed by atoms with Crippen LogP contribution in [0.4, 0.5) is 0 Å². The molecule has 0 aliphatic carbocycles. The number of phenols is 3. The molecule has 2 unspecified atom stereocenters. The van der Waals surface area contributed by atoms with Crippen LogP contribution in [0.25, 0.3) is 0 Å². The summed E-state index contributed by atoms with van der Waals surface area (Å²) < 4.78 is 16.0. The van der Waals surface area contributed by atoms with Crippen molar-refractivity contribution in [2.24, 2.45) is 0 Å². The van der Waals surface area contributed by atoms with Gasteiger partial charge in [0.05, 0.1) is 7.11 Å². The van der Waals surface area contributed by atoms with Crippen LogP contribution in [0.3, 0.4) is 0 Å². The number of aryl methyl sites for hydroxylation is 2. The Labute approximate surface area is 187 Å². The van der Waals surface area contributed by atoms with Crippen molar-refractivity contribution in [2.45, 2.75) is 58.2 Å². The van der Waals surface area contributed by atoms with E-state index >= 15 is 0 Å². The molecule has 0 bridgehead atoms. The van der Waals surface area contributed by atoms with Gasteiger partial charge in [-0.05, 0) is 61.1 Å². The lowest BCUT2D eigenvalue weighted by atomic mass is 9.98. The van der Waals surface area contributed by atoms with Gasteiger partial charge in [-0.3, -0.25) is 9.59 Å². The van der Waals surface area contributed by atoms with Crippen LogP contribution >= 0.6 is 0 Å². The molecule has 0 saturated heterocycles. The molecule has 2 rings (SSSR count). The number of benzene rings is 2. The molecule has 2 aromatic carbocycles. The minimum Gasteiger partial charge on any atom is -0.508 e. The van der Waals surface area contributed by atoms with Crippen LogP contribution in [-0.2, 0) is 31.9 Å². The highest BCUT2D eigenvalue weighted by molar-refractivity contribution is 5.66. The fraction of sp³-hybridized carbons (Fsp3) is 0.417. The van der Waals surface area contributed by atoms with Crippen LogP contribution in [-0.4, -0.2) is 46.6 Å². The minimum atomic E-state index is -0.518. The second-order valence-corrected chi connectivity index (χ2v) is 7.64. The zero-order chi connectivity index (χ0) is 23.7. The maximum absolute atomic E-state index is 11.6. The monoisotopic (exact) mass is 446 g/mol. The average molecular weight is 446 g/mol. The van der Waals surface area contributed by atoms with Gasteiger partial charge in [-0.1, -0.05) is 6.07 Å². The number of hydrogen-bond donors (Lipinski definition) is 3. The Morgan fingerprint density at radius 1 is 0.812 bits per heavy atom. The molecule has 174 valence electrons. The van der Waals surface area contributed by atoms with Crippen LogP contribution in [0.2, 0.25) is 0 Å². The Kier molecular flexibility index (Phi) is 9.19. The first kappa shape index (κ1) is 24.8. The summed E-state index contributed by atoms with van der Waals surface area (Å²) >= 11 is 0. The van der Waals surface area contributed by atoms with Gasteiger partial charge in [0.15, 0.2) is 11.5 Å². The van der Waals surface area contributed by atoms with Crippen LogP contribution < -0.4 is 4.74 Å².